The van der Waals surface area contributed by atoms with Crippen molar-refractivity contribution < 1.29 is 22.7 Å². The van der Waals surface area contributed by atoms with Gasteiger partial charge in [0.15, 0.2) is 0 Å². The van der Waals surface area contributed by atoms with Gasteiger partial charge in [0.2, 0.25) is 11.8 Å². The van der Waals surface area contributed by atoms with E-state index in [4.69, 9.17) is 27.9 Å². The first kappa shape index (κ1) is 34.8. The molecule has 0 saturated heterocycles. The number of nitrogens with zero attached hydrogens (tertiary/aromatic N) is 2. The van der Waals surface area contributed by atoms with Crippen LogP contribution in [-0.4, -0.2) is 51.4 Å². The molecule has 0 aliphatic carbocycles. The number of halogens is 2. The van der Waals surface area contributed by atoms with Crippen LogP contribution in [0.25, 0.3) is 0 Å². The van der Waals surface area contributed by atoms with Gasteiger partial charge in [-0.05, 0) is 53.4 Å². The van der Waals surface area contributed by atoms with E-state index in [0.29, 0.717) is 27.9 Å². The number of benzene rings is 4. The fourth-order valence-corrected chi connectivity index (χ4v) is 6.72. The molecule has 0 spiro atoms. The molecule has 0 radical (unpaired) electrons. The van der Waals surface area contributed by atoms with Crippen molar-refractivity contribution in [1.29, 1.82) is 0 Å². The molecule has 0 saturated carbocycles. The van der Waals surface area contributed by atoms with Crippen molar-refractivity contribution in [3.63, 3.8) is 0 Å². The summed E-state index contributed by atoms with van der Waals surface area (Å²) in [7, 11) is -2.76. The smallest absolute Gasteiger partial charge is 0.264 e. The van der Waals surface area contributed by atoms with E-state index in [9.17, 15) is 18.0 Å². The maximum absolute atomic E-state index is 14.6. The molecule has 46 heavy (non-hydrogen) atoms. The van der Waals surface area contributed by atoms with Crippen LogP contribution in [0.2, 0.25) is 10.0 Å². The number of hydrogen-bond donors (Lipinski definition) is 1. The minimum Gasteiger partial charge on any atom is -0.497 e. The second-order valence-electron chi connectivity index (χ2n) is 11.1. The van der Waals surface area contributed by atoms with E-state index < -0.39 is 28.5 Å². The predicted molar refractivity (Wildman–Crippen MR) is 183 cm³/mol. The Labute approximate surface area is 280 Å². The van der Waals surface area contributed by atoms with Gasteiger partial charge in [-0.2, -0.15) is 0 Å². The molecule has 0 aliphatic heterocycles. The van der Waals surface area contributed by atoms with Crippen LogP contribution in [0, 0.1) is 5.92 Å². The predicted octanol–water partition coefficient (Wildman–Crippen LogP) is 6.61. The fraction of sp³-hybridized carbons (Fsp3) is 0.257. The first-order chi connectivity index (χ1) is 22.0. The molecule has 8 nitrogen and oxygen atoms in total. The zero-order valence-electron chi connectivity index (χ0n) is 25.9. The molecule has 11 heteroatoms. The van der Waals surface area contributed by atoms with E-state index in [-0.39, 0.29) is 35.4 Å². The van der Waals surface area contributed by atoms with Crippen molar-refractivity contribution in [2.24, 2.45) is 5.92 Å². The zero-order chi connectivity index (χ0) is 33.3. The number of nitrogens with one attached hydrogen (secondary N) is 1. The Hall–Kier alpha value is -4.05. The van der Waals surface area contributed by atoms with Crippen LogP contribution < -0.4 is 14.4 Å². The second-order valence-corrected chi connectivity index (χ2v) is 13.8. The Kier molecular flexibility index (Phi) is 12.1. The van der Waals surface area contributed by atoms with Crippen LogP contribution in [-0.2, 0) is 32.6 Å². The lowest BCUT2D eigenvalue weighted by atomic mass is 10.0. The van der Waals surface area contributed by atoms with E-state index in [1.165, 1.54) is 24.1 Å². The first-order valence-electron chi connectivity index (χ1n) is 14.8. The minimum atomic E-state index is -4.23. The third-order valence-electron chi connectivity index (χ3n) is 7.26. The van der Waals surface area contributed by atoms with Gasteiger partial charge >= 0.3 is 0 Å². The standard InChI is InChI=1S/C35H37Cl2N3O5S/c1-25(2)22-38-35(42)33(19-26-11-6-4-7-12-26)39(23-27-17-18-28(36)20-32(27)37)34(41)24-40(29-13-10-14-30(21-29)45-3)46(43,44)31-15-8-5-9-16-31/h4-18,20-21,25,33H,19,22-24H2,1-3H3,(H,38,42)/t33-/m0/s1. The molecule has 2 amide bonds. The number of methoxy groups -OCH3 is 1. The molecule has 4 aromatic rings. The van der Waals surface area contributed by atoms with Crippen LogP contribution in [0.4, 0.5) is 5.69 Å². The van der Waals surface area contributed by atoms with Crippen molar-refractivity contribution in [3.05, 3.63) is 124 Å². The van der Waals surface area contributed by atoms with Gasteiger partial charge < -0.3 is 15.0 Å². The van der Waals surface area contributed by atoms with Crippen LogP contribution in [0.3, 0.4) is 0 Å². The normalized spacial score (nSPS) is 12.0. The largest absolute Gasteiger partial charge is 0.497 e. The molecule has 0 heterocycles. The molecule has 1 N–H and O–H groups in total. The number of sulfonamides is 1. The topological polar surface area (TPSA) is 96.0 Å². The maximum Gasteiger partial charge on any atom is 0.264 e. The van der Waals surface area contributed by atoms with Crippen LogP contribution in [0.5, 0.6) is 5.75 Å². The highest BCUT2D eigenvalue weighted by Crippen LogP contribution is 2.29. The highest BCUT2D eigenvalue weighted by atomic mass is 35.5. The number of amides is 2. The monoisotopic (exact) mass is 681 g/mol. The van der Waals surface area contributed by atoms with E-state index in [2.05, 4.69) is 5.32 Å². The third-order valence-corrected chi connectivity index (χ3v) is 9.64. The number of carbonyl (C=O) groups is 2. The number of anilines is 1. The summed E-state index contributed by atoms with van der Waals surface area (Å²) in [5.74, 6) is -0.391. The van der Waals surface area contributed by atoms with Gasteiger partial charge in [-0.3, -0.25) is 13.9 Å². The summed E-state index contributed by atoms with van der Waals surface area (Å²) < 4.78 is 34.6. The SMILES string of the molecule is COc1cccc(N(CC(=O)N(Cc2ccc(Cl)cc2Cl)[C@@H](Cc2ccccc2)C(=O)NCC(C)C)S(=O)(=O)c2ccccc2)c1. The summed E-state index contributed by atoms with van der Waals surface area (Å²) in [6, 6.07) is 27.6. The first-order valence-corrected chi connectivity index (χ1v) is 17.0. The van der Waals surface area contributed by atoms with Gasteiger partial charge in [0.1, 0.15) is 18.3 Å². The number of carbonyl (C=O) groups excluding carboxylic acids is 2. The number of rotatable bonds is 14. The Morgan fingerprint density at radius 1 is 0.870 bits per heavy atom. The van der Waals surface area contributed by atoms with Crippen molar-refractivity contribution in [2.45, 2.75) is 37.8 Å². The lowest BCUT2D eigenvalue weighted by Crippen LogP contribution is -2.53. The molecule has 0 fully saturated rings. The van der Waals surface area contributed by atoms with E-state index >= 15 is 0 Å². The van der Waals surface area contributed by atoms with Crippen molar-refractivity contribution in [2.75, 3.05) is 24.5 Å². The summed E-state index contributed by atoms with van der Waals surface area (Å²) in [5, 5.41) is 3.70. The molecule has 242 valence electrons. The molecule has 0 unspecified atom stereocenters. The van der Waals surface area contributed by atoms with Crippen molar-refractivity contribution in [3.8, 4) is 5.75 Å². The van der Waals surface area contributed by atoms with Crippen molar-refractivity contribution >= 4 is 50.7 Å². The van der Waals surface area contributed by atoms with Gasteiger partial charge in [0, 0.05) is 35.6 Å². The molecule has 1 atom stereocenters. The van der Waals surface area contributed by atoms with Gasteiger partial charge in [-0.15, -0.1) is 0 Å². The number of ether oxygens (including phenoxy) is 1. The Bertz CT molecular complexity index is 1740. The third kappa shape index (κ3) is 9.02. The molecular formula is C35H37Cl2N3O5S. The highest BCUT2D eigenvalue weighted by molar-refractivity contribution is 7.92. The average Bonchev–Trinajstić information content (AvgIpc) is 3.05. The maximum atomic E-state index is 14.6. The highest BCUT2D eigenvalue weighted by Gasteiger charge is 2.35. The van der Waals surface area contributed by atoms with Crippen LogP contribution in [0.15, 0.2) is 108 Å². The van der Waals surface area contributed by atoms with Crippen molar-refractivity contribution in [1.82, 2.24) is 10.2 Å². The Morgan fingerprint density at radius 2 is 1.54 bits per heavy atom. The Morgan fingerprint density at radius 3 is 2.17 bits per heavy atom. The molecular weight excluding hydrogens is 645 g/mol. The summed E-state index contributed by atoms with van der Waals surface area (Å²) >= 11 is 12.7. The lowest BCUT2D eigenvalue weighted by molar-refractivity contribution is -0.140. The quantitative estimate of drug-likeness (QED) is 0.162. The molecule has 0 bridgehead atoms. The minimum absolute atomic E-state index is 0.00780. The van der Waals surface area contributed by atoms with Crippen LogP contribution >= 0.6 is 23.2 Å². The molecule has 0 aliphatic rings. The average molecular weight is 683 g/mol. The summed E-state index contributed by atoms with van der Waals surface area (Å²) in [6.45, 7) is 3.68. The summed E-state index contributed by atoms with van der Waals surface area (Å²) in [5.41, 5.74) is 1.60. The van der Waals surface area contributed by atoms with E-state index in [1.807, 2.05) is 44.2 Å². The van der Waals surface area contributed by atoms with Gasteiger partial charge in [-0.25, -0.2) is 8.42 Å². The fourth-order valence-electron chi connectivity index (χ4n) is 4.82. The summed E-state index contributed by atoms with van der Waals surface area (Å²) in [4.78, 5) is 29.8. The molecule has 4 rings (SSSR count). The Balaban J connectivity index is 1.82. The zero-order valence-corrected chi connectivity index (χ0v) is 28.2. The molecule has 4 aromatic carbocycles. The lowest BCUT2D eigenvalue weighted by Gasteiger charge is -2.34. The van der Waals surface area contributed by atoms with Gasteiger partial charge in [-0.1, -0.05) is 97.7 Å². The van der Waals surface area contributed by atoms with E-state index in [1.54, 1.807) is 60.7 Å². The second kappa shape index (κ2) is 16.0. The van der Waals surface area contributed by atoms with Crippen LogP contribution in [0.1, 0.15) is 25.0 Å². The summed E-state index contributed by atoms with van der Waals surface area (Å²) in [6.07, 6.45) is 0.187. The van der Waals surface area contributed by atoms with Gasteiger partial charge in [0.05, 0.1) is 17.7 Å². The van der Waals surface area contributed by atoms with E-state index in [0.717, 1.165) is 9.87 Å². The molecule has 0 aromatic heterocycles. The van der Waals surface area contributed by atoms with Gasteiger partial charge in [0.25, 0.3) is 10.0 Å². The number of hydrogen-bond acceptors (Lipinski definition) is 5.